The first kappa shape index (κ1) is 16.2. The fourth-order valence-electron chi connectivity index (χ4n) is 8.81. The van der Waals surface area contributed by atoms with Gasteiger partial charge in [-0.05, 0) is 111 Å². The van der Waals surface area contributed by atoms with Gasteiger partial charge in [0.05, 0.1) is 13.6 Å². The molecule has 0 radical (unpaired) electrons. The molecule has 2 N–H and O–H groups in total. The van der Waals surface area contributed by atoms with Crippen LogP contribution in [0, 0.1) is 52.3 Å². The Bertz CT molecular complexity index is 859. The van der Waals surface area contributed by atoms with Crippen LogP contribution in [0.25, 0.3) is 0 Å². The molecule has 4 aliphatic carbocycles. The third-order valence-corrected chi connectivity index (χ3v) is 10.4. The molecule has 0 aromatic carbocycles. The van der Waals surface area contributed by atoms with Crippen LogP contribution in [0.2, 0.25) is 0 Å². The molecule has 0 spiro atoms. The normalized spacial score (nSPS) is 57.9. The maximum absolute atomic E-state index is 12.1. The Morgan fingerprint density at radius 2 is 1.83 bits per heavy atom. The van der Waals surface area contributed by atoms with Gasteiger partial charge in [0.1, 0.15) is 5.78 Å². The van der Waals surface area contributed by atoms with E-state index in [1.807, 2.05) is 0 Å². The first-order valence-corrected chi connectivity index (χ1v) is 12.3. The maximum atomic E-state index is 12.1. The number of aliphatic hydroxyl groups is 2. The second-order valence-electron chi connectivity index (χ2n) is 11.8. The summed E-state index contributed by atoms with van der Waals surface area (Å²) in [5.41, 5.74) is -0.568. The molecule has 0 aromatic heterocycles. The molecule has 11 atom stereocenters. The molecule has 0 heterocycles. The highest BCUT2D eigenvalue weighted by Crippen LogP contribution is 2.69. The van der Waals surface area contributed by atoms with Crippen LogP contribution in [-0.4, -0.2) is 28.2 Å². The van der Waals surface area contributed by atoms with Gasteiger partial charge in [-0.2, -0.15) is 0 Å². The fraction of sp³-hybridized carbons (Fsp3) is 0.963. The number of ketones is 1. The zero-order chi connectivity index (χ0) is 27.1. The lowest BCUT2D eigenvalue weighted by molar-refractivity contribution is -0.203. The van der Waals surface area contributed by atoms with E-state index in [-0.39, 0.29) is 29.5 Å². The molecule has 0 amide bonds. The molecule has 30 heavy (non-hydrogen) atoms. The number of aliphatic hydroxyl groups excluding tert-OH is 1. The number of carbonyl (C=O) groups is 1. The van der Waals surface area contributed by atoms with Gasteiger partial charge in [-0.1, -0.05) is 34.0 Å². The number of carbonyl (C=O) groups excluding carboxylic acids is 1. The molecule has 4 aliphatic rings. The van der Waals surface area contributed by atoms with Crippen molar-refractivity contribution in [2.24, 2.45) is 52.3 Å². The van der Waals surface area contributed by atoms with E-state index < -0.39 is 48.6 Å². The van der Waals surface area contributed by atoms with E-state index in [0.717, 1.165) is 32.1 Å². The van der Waals surface area contributed by atoms with E-state index in [0.29, 0.717) is 31.1 Å². The zero-order valence-electron chi connectivity index (χ0n) is 25.3. The third kappa shape index (κ3) is 3.41. The third-order valence-electron chi connectivity index (χ3n) is 10.4. The number of hydrogen-bond acceptors (Lipinski definition) is 3. The largest absolute Gasteiger partial charge is 0.393 e. The fourth-order valence-corrected chi connectivity index (χ4v) is 8.81. The Morgan fingerprint density at radius 1 is 1.13 bits per heavy atom. The SMILES string of the molecule is [2H]C([2H])([2H])C([2H])([2H])[C@@H]1[C@@H]2C[C@H](O)CC[C@]2(C)[C@H]2CC[C@]3(C)[C@@H]([C@H](C)CCC(C)=O)CC[C@H]3[C@@H]2[C@]1([2H])O. The topological polar surface area (TPSA) is 57.5 Å². The van der Waals surface area contributed by atoms with Crippen LogP contribution in [0.15, 0.2) is 0 Å². The Hall–Kier alpha value is -0.410. The van der Waals surface area contributed by atoms with Gasteiger partial charge in [0.2, 0.25) is 0 Å². The Labute approximate surface area is 192 Å². The maximum Gasteiger partial charge on any atom is 0.129 e. The van der Waals surface area contributed by atoms with Crippen molar-refractivity contribution in [3.63, 3.8) is 0 Å². The van der Waals surface area contributed by atoms with E-state index in [4.69, 9.17) is 6.85 Å². The summed E-state index contributed by atoms with van der Waals surface area (Å²) in [4.78, 5) is 11.6. The van der Waals surface area contributed by atoms with Gasteiger partial charge >= 0.3 is 0 Å². The van der Waals surface area contributed by atoms with Crippen LogP contribution in [-0.2, 0) is 4.79 Å². The van der Waals surface area contributed by atoms with Gasteiger partial charge < -0.3 is 15.0 Å². The molecule has 0 bridgehead atoms. The summed E-state index contributed by atoms with van der Waals surface area (Å²) in [5, 5.41) is 22.6. The molecule has 172 valence electrons. The van der Waals surface area contributed by atoms with Crippen LogP contribution >= 0.6 is 0 Å². The summed E-state index contributed by atoms with van der Waals surface area (Å²) >= 11 is 0. The van der Waals surface area contributed by atoms with Gasteiger partial charge in [-0.3, -0.25) is 0 Å². The van der Waals surface area contributed by atoms with Crippen molar-refractivity contribution < 1.29 is 23.2 Å². The minimum atomic E-state index is -2.99. The van der Waals surface area contributed by atoms with Crippen molar-refractivity contribution in [2.45, 2.75) is 111 Å². The van der Waals surface area contributed by atoms with E-state index in [2.05, 4.69) is 20.8 Å². The van der Waals surface area contributed by atoms with E-state index in [1.54, 1.807) is 6.92 Å². The van der Waals surface area contributed by atoms with Crippen LogP contribution in [0.3, 0.4) is 0 Å². The quantitative estimate of drug-likeness (QED) is 0.602. The van der Waals surface area contributed by atoms with Gasteiger partial charge in [0.25, 0.3) is 0 Å². The average Bonchev–Trinajstić information content (AvgIpc) is 3.09. The lowest BCUT2D eigenvalue weighted by Gasteiger charge is -2.64. The van der Waals surface area contributed by atoms with Crippen LogP contribution in [0.5, 0.6) is 0 Å². The van der Waals surface area contributed by atoms with Gasteiger partial charge in [-0.15, -0.1) is 0 Å². The summed E-state index contributed by atoms with van der Waals surface area (Å²) < 4.78 is 51.0. The molecule has 0 aromatic rings. The first-order valence-electron chi connectivity index (χ1n) is 15.3. The number of fused-ring (bicyclic) bond motifs is 5. The summed E-state index contributed by atoms with van der Waals surface area (Å²) in [6.07, 6.45) is 0.757. The monoisotopic (exact) mass is 424 g/mol. The van der Waals surface area contributed by atoms with Crippen molar-refractivity contribution in [3.8, 4) is 0 Å². The molecular weight excluding hydrogens is 372 g/mol. The molecule has 4 fully saturated rings. The van der Waals surface area contributed by atoms with Crippen molar-refractivity contribution in [1.29, 1.82) is 0 Å². The summed E-state index contributed by atoms with van der Waals surface area (Å²) in [6, 6.07) is 0. The van der Waals surface area contributed by atoms with Gasteiger partial charge in [0.15, 0.2) is 0 Å². The average molecular weight is 425 g/mol. The predicted octanol–water partition coefficient (Wildman–Crippen LogP) is 5.62. The van der Waals surface area contributed by atoms with Gasteiger partial charge in [0, 0.05) is 13.3 Å². The minimum Gasteiger partial charge on any atom is -0.393 e. The van der Waals surface area contributed by atoms with Gasteiger partial charge in [-0.25, -0.2) is 0 Å². The molecule has 4 saturated carbocycles. The zero-order valence-corrected chi connectivity index (χ0v) is 19.3. The summed E-state index contributed by atoms with van der Waals surface area (Å²) in [7, 11) is 0. The van der Waals surface area contributed by atoms with E-state index in [1.165, 1.54) is 0 Å². The molecule has 4 rings (SSSR count). The Morgan fingerprint density at radius 3 is 2.53 bits per heavy atom. The van der Waals surface area contributed by atoms with Crippen molar-refractivity contribution >= 4 is 5.78 Å². The highest BCUT2D eigenvalue weighted by atomic mass is 16.3. The minimum absolute atomic E-state index is 0.00283. The summed E-state index contributed by atoms with van der Waals surface area (Å²) in [5.74, 6) is -1.62. The van der Waals surface area contributed by atoms with Crippen LogP contribution in [0.1, 0.15) is 107 Å². The Kier molecular flexibility index (Phi) is 4.43. The molecule has 0 aliphatic heterocycles. The number of Topliss-reactive ketones (excluding diaryl/α,β-unsaturated/α-hetero) is 1. The van der Waals surface area contributed by atoms with E-state index in [9.17, 15) is 16.4 Å². The van der Waals surface area contributed by atoms with Crippen LogP contribution in [0.4, 0.5) is 0 Å². The Balaban J connectivity index is 1.78. The number of rotatable bonds is 5. The summed E-state index contributed by atoms with van der Waals surface area (Å²) in [6.45, 7) is 5.22. The lowest BCUT2D eigenvalue weighted by atomic mass is 9.41. The van der Waals surface area contributed by atoms with E-state index >= 15 is 0 Å². The van der Waals surface area contributed by atoms with Crippen molar-refractivity contribution in [3.05, 3.63) is 0 Å². The second kappa shape index (κ2) is 8.18. The van der Waals surface area contributed by atoms with Crippen LogP contribution < -0.4 is 0 Å². The smallest absolute Gasteiger partial charge is 0.129 e. The van der Waals surface area contributed by atoms with Crippen molar-refractivity contribution in [1.82, 2.24) is 0 Å². The first-order chi connectivity index (χ1) is 16.4. The molecule has 0 unspecified atom stereocenters. The second-order valence-corrected chi connectivity index (χ2v) is 11.8. The molecule has 3 nitrogen and oxygen atoms in total. The van der Waals surface area contributed by atoms with Crippen molar-refractivity contribution in [2.75, 3.05) is 0 Å². The standard InChI is InChI=1S/C27H46O3/c1-6-19-23-15-18(29)11-13-27(23,5)22-12-14-26(4)20(16(2)7-8-17(3)28)9-10-21(26)24(22)25(19)30/h16,18-25,29-30H,6-15H2,1-5H3/t16-,18-,19-,20-,21+,22+,23+,24+,25-,26-,27-/m1/s1/i1D3,6D2,25D. The highest BCUT2D eigenvalue weighted by Gasteiger charge is 2.64. The predicted molar refractivity (Wildman–Crippen MR) is 121 cm³/mol. The molecule has 0 saturated heterocycles. The lowest BCUT2D eigenvalue weighted by Crippen LogP contribution is -2.62. The highest BCUT2D eigenvalue weighted by molar-refractivity contribution is 5.75. The molecule has 3 heteroatoms. The molecular formula is C27H46O3. The number of hydrogen-bond donors (Lipinski definition) is 2.